The predicted octanol–water partition coefficient (Wildman–Crippen LogP) is 5.55. The molecule has 2 rings (SSSR count). The number of hydrogen-bond donors (Lipinski definition) is 1. The first-order valence-electron chi connectivity index (χ1n) is 11.6. The van der Waals surface area contributed by atoms with Gasteiger partial charge in [0.1, 0.15) is 5.78 Å². The van der Waals surface area contributed by atoms with E-state index in [4.69, 9.17) is 10.5 Å². The van der Waals surface area contributed by atoms with Crippen LogP contribution in [0.25, 0.3) is 0 Å². The van der Waals surface area contributed by atoms with Crippen LogP contribution in [0, 0.1) is 17.3 Å². The monoisotopic (exact) mass is 429 g/mol. The molecule has 0 bridgehead atoms. The second-order valence-electron chi connectivity index (χ2n) is 9.11. The van der Waals surface area contributed by atoms with Crippen LogP contribution in [0.3, 0.4) is 0 Å². The Labute approximate surface area is 182 Å². The van der Waals surface area contributed by atoms with E-state index in [0.29, 0.717) is 17.6 Å². The number of rotatable bonds is 7. The first-order valence-corrected chi connectivity index (χ1v) is 13.9. The van der Waals surface area contributed by atoms with Crippen molar-refractivity contribution in [1.29, 1.82) is 0 Å². The van der Waals surface area contributed by atoms with E-state index < -0.39 is 0 Å². The molecule has 1 spiro atoms. The lowest BCUT2D eigenvalue weighted by Gasteiger charge is -2.41. The second-order valence-corrected chi connectivity index (χ2v) is 11.2. The maximum absolute atomic E-state index is 11.6. The highest BCUT2D eigenvalue weighted by molar-refractivity contribution is 8.00. The van der Waals surface area contributed by atoms with Gasteiger partial charge in [-0.15, -0.1) is 0 Å². The van der Waals surface area contributed by atoms with Crippen molar-refractivity contribution in [2.24, 2.45) is 23.0 Å². The summed E-state index contributed by atoms with van der Waals surface area (Å²) in [5, 5.41) is 0. The van der Waals surface area contributed by atoms with Crippen LogP contribution in [0.1, 0.15) is 77.6 Å². The van der Waals surface area contributed by atoms with Gasteiger partial charge in [-0.05, 0) is 62.0 Å². The van der Waals surface area contributed by atoms with Gasteiger partial charge in [-0.2, -0.15) is 23.5 Å². The van der Waals surface area contributed by atoms with Crippen molar-refractivity contribution in [2.75, 3.05) is 42.8 Å². The van der Waals surface area contributed by atoms with E-state index in [1.54, 1.807) is 0 Å². The van der Waals surface area contributed by atoms with Gasteiger partial charge in [-0.1, -0.05) is 32.6 Å². The minimum Gasteiger partial charge on any atom is -0.380 e. The van der Waals surface area contributed by atoms with Gasteiger partial charge < -0.3 is 10.5 Å². The number of ketones is 1. The van der Waals surface area contributed by atoms with Gasteiger partial charge in [0.15, 0.2) is 0 Å². The first kappa shape index (κ1) is 24.6. The smallest absolute Gasteiger partial charge is 0.132 e. The van der Waals surface area contributed by atoms with Crippen LogP contribution in [0.15, 0.2) is 0 Å². The van der Waals surface area contributed by atoms with Gasteiger partial charge in [-0.25, -0.2) is 0 Å². The molecular weight excluding hydrogens is 386 g/mol. The number of ether oxygens (including phenoxy) is 1. The van der Waals surface area contributed by atoms with Crippen LogP contribution in [0.2, 0.25) is 0 Å². The molecule has 2 aliphatic rings. The Hall–Kier alpha value is 0.290. The third-order valence-electron chi connectivity index (χ3n) is 6.35. The van der Waals surface area contributed by atoms with Crippen LogP contribution in [0.5, 0.6) is 0 Å². The van der Waals surface area contributed by atoms with Gasteiger partial charge >= 0.3 is 0 Å². The molecule has 2 fully saturated rings. The molecule has 0 aromatic rings. The van der Waals surface area contributed by atoms with E-state index in [-0.39, 0.29) is 0 Å². The Bertz CT molecular complexity index is 429. The average Bonchev–Trinajstić information content (AvgIpc) is 2.67. The number of nitrogens with two attached hydrogens (primary N) is 1. The lowest BCUT2D eigenvalue weighted by molar-refractivity contribution is -0.118. The summed E-state index contributed by atoms with van der Waals surface area (Å²) in [7, 11) is 0. The molecule has 28 heavy (non-hydrogen) atoms. The fraction of sp³-hybridized carbons (Fsp3) is 0.957. The van der Waals surface area contributed by atoms with Crippen LogP contribution in [-0.2, 0) is 9.53 Å². The molecule has 2 unspecified atom stereocenters. The van der Waals surface area contributed by atoms with Gasteiger partial charge in [-0.3, -0.25) is 4.79 Å². The van der Waals surface area contributed by atoms with E-state index in [0.717, 1.165) is 44.4 Å². The molecule has 0 aromatic carbocycles. The maximum atomic E-state index is 11.6. The van der Waals surface area contributed by atoms with Crippen LogP contribution in [0.4, 0.5) is 0 Å². The predicted molar refractivity (Wildman–Crippen MR) is 125 cm³/mol. The topological polar surface area (TPSA) is 52.3 Å². The summed E-state index contributed by atoms with van der Waals surface area (Å²) in [4.78, 5) is 11.6. The number of Topliss-reactive ketones (excluding diaryl/α,β-unsaturated/α-hetero) is 1. The maximum Gasteiger partial charge on any atom is 0.132 e. The molecule has 2 saturated heterocycles. The van der Waals surface area contributed by atoms with E-state index in [1.807, 2.05) is 6.92 Å². The normalized spacial score (nSPS) is 27.5. The lowest BCUT2D eigenvalue weighted by atomic mass is 9.91. The Morgan fingerprint density at radius 2 is 1.61 bits per heavy atom. The average molecular weight is 430 g/mol. The van der Waals surface area contributed by atoms with E-state index in [2.05, 4.69) is 23.5 Å². The van der Waals surface area contributed by atoms with Gasteiger partial charge in [0, 0.05) is 29.8 Å². The van der Waals surface area contributed by atoms with Gasteiger partial charge in [0.2, 0.25) is 0 Å². The summed E-state index contributed by atoms with van der Waals surface area (Å²) in [5.74, 6) is 7.05. The molecule has 2 atom stereocenters. The molecule has 2 N–H and O–H groups in total. The largest absolute Gasteiger partial charge is 0.380 e. The van der Waals surface area contributed by atoms with E-state index in [9.17, 15) is 4.79 Å². The fourth-order valence-electron chi connectivity index (χ4n) is 4.33. The third kappa shape index (κ3) is 9.40. The SMILES string of the molecule is CCC(=O)CCCC1CCCCCCC(CCN)CSCC2(COC2)CSC1. The van der Waals surface area contributed by atoms with Crippen molar-refractivity contribution < 1.29 is 9.53 Å². The summed E-state index contributed by atoms with van der Waals surface area (Å²) < 4.78 is 5.63. The highest BCUT2D eigenvalue weighted by Gasteiger charge is 2.38. The minimum absolute atomic E-state index is 0.408. The molecule has 0 aromatic heterocycles. The number of hydrogen-bond acceptors (Lipinski definition) is 5. The summed E-state index contributed by atoms with van der Waals surface area (Å²) in [6.07, 6.45) is 13.2. The molecule has 0 saturated carbocycles. The number of carbonyl (C=O) groups excluding carboxylic acids is 1. The van der Waals surface area contributed by atoms with Crippen molar-refractivity contribution in [1.82, 2.24) is 0 Å². The Balaban J connectivity index is 1.84. The number of thioether (sulfide) groups is 2. The summed E-state index contributed by atoms with van der Waals surface area (Å²) in [5.41, 5.74) is 6.27. The summed E-state index contributed by atoms with van der Waals surface area (Å²) >= 11 is 4.30. The van der Waals surface area contributed by atoms with Gasteiger partial charge in [0.25, 0.3) is 0 Å². The Morgan fingerprint density at radius 3 is 2.11 bits per heavy atom. The quantitative estimate of drug-likeness (QED) is 0.574. The molecule has 3 nitrogen and oxygen atoms in total. The standard InChI is InChI=1S/C23H43NO2S2/c1-2-22(25)11-7-10-20-8-5-3-4-6-9-21(12-13-24)15-28-19-23(16-26-17-23)18-27-14-20/h20-21H,2-19,24H2,1H3. The molecule has 2 aliphatic heterocycles. The van der Waals surface area contributed by atoms with Crippen molar-refractivity contribution in [2.45, 2.75) is 77.6 Å². The van der Waals surface area contributed by atoms with Crippen molar-refractivity contribution in [3.63, 3.8) is 0 Å². The zero-order valence-corrected chi connectivity index (χ0v) is 19.7. The molecule has 2 heterocycles. The Morgan fingerprint density at radius 1 is 1.00 bits per heavy atom. The molecule has 0 amide bonds. The van der Waals surface area contributed by atoms with Crippen LogP contribution < -0.4 is 5.73 Å². The van der Waals surface area contributed by atoms with Crippen molar-refractivity contribution >= 4 is 29.3 Å². The lowest BCUT2D eigenvalue weighted by Crippen LogP contribution is -2.47. The summed E-state index contributed by atoms with van der Waals surface area (Å²) in [6, 6.07) is 0. The zero-order valence-electron chi connectivity index (χ0n) is 18.1. The minimum atomic E-state index is 0.408. The number of carbonyl (C=O) groups is 1. The Kier molecular flexibility index (Phi) is 12.6. The van der Waals surface area contributed by atoms with E-state index in [1.165, 1.54) is 74.4 Å². The molecule has 164 valence electrons. The highest BCUT2D eigenvalue weighted by Crippen LogP contribution is 2.37. The molecule has 5 heteroatoms. The van der Waals surface area contributed by atoms with E-state index >= 15 is 0 Å². The fourth-order valence-corrected chi connectivity index (χ4v) is 7.43. The van der Waals surface area contributed by atoms with Gasteiger partial charge in [0.05, 0.1) is 13.2 Å². The van der Waals surface area contributed by atoms with Crippen molar-refractivity contribution in [3.05, 3.63) is 0 Å². The molecule has 0 radical (unpaired) electrons. The zero-order chi connectivity index (χ0) is 20.1. The highest BCUT2D eigenvalue weighted by atomic mass is 32.2. The van der Waals surface area contributed by atoms with Crippen LogP contribution >= 0.6 is 23.5 Å². The molecular formula is C23H43NO2S2. The first-order chi connectivity index (χ1) is 13.7. The van der Waals surface area contributed by atoms with Crippen LogP contribution in [-0.4, -0.2) is 48.6 Å². The second kappa shape index (κ2) is 14.3. The summed E-state index contributed by atoms with van der Waals surface area (Å²) in [6.45, 7) is 4.71. The molecule has 0 aliphatic carbocycles. The third-order valence-corrected chi connectivity index (χ3v) is 9.40. The van der Waals surface area contributed by atoms with Crippen molar-refractivity contribution in [3.8, 4) is 0 Å².